The zero-order valence-corrected chi connectivity index (χ0v) is 22.6. The van der Waals surface area contributed by atoms with Crippen LogP contribution in [0.5, 0.6) is 34.5 Å². The Labute approximate surface area is 231 Å². The molecule has 6 rings (SSSR count). The van der Waals surface area contributed by atoms with Crippen molar-refractivity contribution in [1.82, 2.24) is 0 Å². The van der Waals surface area contributed by atoms with Gasteiger partial charge in [-0.15, -0.1) is 0 Å². The van der Waals surface area contributed by atoms with Gasteiger partial charge in [0.25, 0.3) is 0 Å². The van der Waals surface area contributed by atoms with Crippen molar-refractivity contribution in [3.63, 3.8) is 0 Å². The molecule has 0 unspecified atom stereocenters. The largest absolute Gasteiger partial charge is 0.497 e. The molecule has 1 aliphatic carbocycles. The normalized spacial score (nSPS) is 20.0. The van der Waals surface area contributed by atoms with Crippen LogP contribution in [0.1, 0.15) is 33.0 Å². The third-order valence-electron chi connectivity index (χ3n) is 7.65. The fourth-order valence-electron chi connectivity index (χ4n) is 5.71. The fourth-order valence-corrected chi connectivity index (χ4v) is 5.71. The van der Waals surface area contributed by atoms with E-state index in [2.05, 4.69) is 5.16 Å². The minimum atomic E-state index is -0.430. The zero-order chi connectivity index (χ0) is 27.8. The Morgan fingerprint density at radius 2 is 1.60 bits per heavy atom. The number of hydrogen-bond donors (Lipinski definition) is 0. The van der Waals surface area contributed by atoms with Crippen molar-refractivity contribution in [3.05, 3.63) is 70.8 Å². The summed E-state index contributed by atoms with van der Waals surface area (Å²) in [6, 6.07) is 14.6. The van der Waals surface area contributed by atoms with E-state index in [0.29, 0.717) is 46.7 Å². The number of benzene rings is 3. The number of hydrogen-bond acceptors (Lipinski definition) is 10. The van der Waals surface area contributed by atoms with Crippen LogP contribution in [0, 0.1) is 11.8 Å². The molecule has 3 aromatic rings. The van der Waals surface area contributed by atoms with Crippen molar-refractivity contribution in [3.8, 4) is 34.5 Å². The Bertz CT molecular complexity index is 1440. The third-order valence-corrected chi connectivity index (χ3v) is 7.65. The van der Waals surface area contributed by atoms with E-state index in [0.717, 1.165) is 22.4 Å². The van der Waals surface area contributed by atoms with Crippen molar-refractivity contribution in [2.45, 2.75) is 5.92 Å². The summed E-state index contributed by atoms with van der Waals surface area (Å²) >= 11 is 0. The molecule has 208 valence electrons. The number of rotatable bonds is 8. The molecule has 0 fully saturated rings. The van der Waals surface area contributed by atoms with Crippen molar-refractivity contribution in [1.29, 1.82) is 0 Å². The van der Waals surface area contributed by atoms with E-state index in [1.807, 2.05) is 24.3 Å². The van der Waals surface area contributed by atoms with Gasteiger partial charge in [-0.05, 0) is 59.7 Å². The summed E-state index contributed by atoms with van der Waals surface area (Å²) in [6.07, 6.45) is 0. The first-order valence-electron chi connectivity index (χ1n) is 12.8. The highest BCUT2D eigenvalue weighted by Crippen LogP contribution is 2.52. The van der Waals surface area contributed by atoms with Crippen LogP contribution >= 0.6 is 0 Å². The van der Waals surface area contributed by atoms with Crippen LogP contribution in [-0.4, -0.2) is 60.1 Å². The van der Waals surface area contributed by atoms with Crippen molar-refractivity contribution >= 4 is 11.7 Å². The van der Waals surface area contributed by atoms with Crippen LogP contribution in [0.3, 0.4) is 0 Å². The van der Waals surface area contributed by atoms with Crippen LogP contribution in [0.25, 0.3) is 0 Å². The Morgan fingerprint density at radius 3 is 2.25 bits per heavy atom. The summed E-state index contributed by atoms with van der Waals surface area (Å²) in [4.78, 5) is 18.7. The molecular weight excluding hydrogens is 518 g/mol. The molecule has 0 bridgehead atoms. The van der Waals surface area contributed by atoms with E-state index in [1.54, 1.807) is 52.7 Å². The fraction of sp³-hybridized carbons (Fsp3) is 0.333. The number of carbonyl (C=O) groups is 1. The van der Waals surface area contributed by atoms with Crippen molar-refractivity contribution < 1.29 is 42.8 Å². The van der Waals surface area contributed by atoms with Gasteiger partial charge in [0, 0.05) is 23.3 Å². The molecule has 0 spiro atoms. The molecule has 0 saturated heterocycles. The van der Waals surface area contributed by atoms with E-state index in [-0.39, 0.29) is 31.2 Å². The molecule has 0 radical (unpaired) electrons. The number of ether oxygens (including phenoxy) is 7. The number of esters is 1. The van der Waals surface area contributed by atoms with Crippen LogP contribution in [0.4, 0.5) is 0 Å². The maximum absolute atomic E-state index is 13.1. The Balaban J connectivity index is 1.44. The van der Waals surface area contributed by atoms with Crippen LogP contribution in [0.15, 0.2) is 53.7 Å². The second-order valence-electron chi connectivity index (χ2n) is 9.60. The van der Waals surface area contributed by atoms with Gasteiger partial charge in [0.15, 0.2) is 23.0 Å². The van der Waals surface area contributed by atoms with Crippen LogP contribution in [-0.2, 0) is 9.57 Å². The van der Waals surface area contributed by atoms with Crippen LogP contribution < -0.4 is 28.4 Å². The highest BCUT2D eigenvalue weighted by Gasteiger charge is 2.46. The molecule has 3 atom stereocenters. The molecule has 40 heavy (non-hydrogen) atoms. The number of methoxy groups -OCH3 is 4. The first-order chi connectivity index (χ1) is 19.6. The quantitative estimate of drug-likeness (QED) is 0.379. The zero-order valence-electron chi connectivity index (χ0n) is 22.6. The first kappa shape index (κ1) is 25.7. The van der Waals surface area contributed by atoms with Gasteiger partial charge in [-0.25, -0.2) is 4.79 Å². The molecular formula is C30H29NO9. The molecule has 2 aliphatic heterocycles. The molecule has 0 saturated carbocycles. The minimum Gasteiger partial charge on any atom is -0.497 e. The van der Waals surface area contributed by atoms with Gasteiger partial charge in [0.2, 0.25) is 12.5 Å². The van der Waals surface area contributed by atoms with Gasteiger partial charge in [-0.3, -0.25) is 0 Å². The van der Waals surface area contributed by atoms with Gasteiger partial charge in [-0.2, -0.15) is 0 Å². The summed E-state index contributed by atoms with van der Waals surface area (Å²) in [5.74, 6) is 2.44. The number of nitrogens with zero attached hydrogens (tertiary/aromatic N) is 1. The molecule has 2 heterocycles. The lowest BCUT2D eigenvalue weighted by Crippen LogP contribution is -2.38. The Kier molecular flexibility index (Phi) is 6.75. The van der Waals surface area contributed by atoms with E-state index in [1.165, 1.54) is 0 Å². The van der Waals surface area contributed by atoms with Gasteiger partial charge in [0.1, 0.15) is 12.4 Å². The Hall–Kier alpha value is -4.60. The Morgan fingerprint density at radius 1 is 0.900 bits per heavy atom. The molecule has 0 N–H and O–H groups in total. The minimum absolute atomic E-state index is 0.118. The molecule has 3 aliphatic rings. The number of carbonyl (C=O) groups excluding carboxylic acids is 1. The van der Waals surface area contributed by atoms with Crippen molar-refractivity contribution in [2.24, 2.45) is 17.0 Å². The van der Waals surface area contributed by atoms with E-state index < -0.39 is 5.97 Å². The molecule has 10 heteroatoms. The van der Waals surface area contributed by atoms with Gasteiger partial charge < -0.3 is 38.0 Å². The summed E-state index contributed by atoms with van der Waals surface area (Å²) in [6.45, 7) is 0.615. The maximum Gasteiger partial charge on any atom is 0.338 e. The number of fused-ring (bicyclic) bond motifs is 4. The molecule has 10 nitrogen and oxygen atoms in total. The SMILES string of the molecule is COc1ccc(C(=O)OC[C@@H]2[C@H](c3cc(OC)c(OC)c(OC)c3)c3cc4c(cc3C3=NOC[C@H]32)OCO4)cc1. The van der Waals surface area contributed by atoms with Crippen molar-refractivity contribution in [2.75, 3.05) is 48.4 Å². The average molecular weight is 548 g/mol. The standard InChI is InChI=1S/C30H29NO9/c1-33-18-7-5-16(6-8-18)30(32)37-13-21-22-14-40-31-28(22)20-12-24-23(38-15-39-24)11-19(20)27(21)17-9-25(34-2)29(36-4)26(10-17)35-3/h5-12,21-22,27H,13-15H2,1-4H3/t21-,22-,27+/m0/s1. The van der Waals surface area contributed by atoms with E-state index in [9.17, 15) is 4.79 Å². The lowest BCUT2D eigenvalue weighted by atomic mass is 9.66. The first-order valence-corrected chi connectivity index (χ1v) is 12.8. The predicted molar refractivity (Wildman–Crippen MR) is 143 cm³/mol. The van der Waals surface area contributed by atoms with Crippen LogP contribution in [0.2, 0.25) is 0 Å². The average Bonchev–Trinajstić information content (AvgIpc) is 3.67. The van der Waals surface area contributed by atoms with Gasteiger partial charge >= 0.3 is 5.97 Å². The predicted octanol–water partition coefficient (Wildman–Crippen LogP) is 4.42. The molecule has 3 aromatic carbocycles. The second-order valence-corrected chi connectivity index (χ2v) is 9.60. The monoisotopic (exact) mass is 547 g/mol. The number of oxime groups is 1. The smallest absolute Gasteiger partial charge is 0.338 e. The highest BCUT2D eigenvalue weighted by atomic mass is 16.7. The topological polar surface area (TPSA) is 103 Å². The maximum atomic E-state index is 13.1. The van der Waals surface area contributed by atoms with Gasteiger partial charge in [0.05, 0.1) is 46.3 Å². The summed E-state index contributed by atoms with van der Waals surface area (Å²) in [5.41, 5.74) is 3.97. The van der Waals surface area contributed by atoms with E-state index in [4.69, 9.17) is 38.0 Å². The van der Waals surface area contributed by atoms with Gasteiger partial charge in [-0.1, -0.05) is 5.16 Å². The lowest BCUT2D eigenvalue weighted by molar-refractivity contribution is 0.0360. The summed E-state index contributed by atoms with van der Waals surface area (Å²) in [5, 5.41) is 4.40. The third kappa shape index (κ3) is 4.29. The van der Waals surface area contributed by atoms with E-state index >= 15 is 0 Å². The second kappa shape index (κ2) is 10.5. The lowest BCUT2D eigenvalue weighted by Gasteiger charge is -2.37. The highest BCUT2D eigenvalue weighted by molar-refractivity contribution is 6.06. The molecule has 0 aromatic heterocycles. The summed E-state index contributed by atoms with van der Waals surface area (Å²) < 4.78 is 39.5. The summed E-state index contributed by atoms with van der Waals surface area (Å²) in [7, 11) is 6.30. The molecule has 0 amide bonds.